The van der Waals surface area contributed by atoms with Crippen molar-refractivity contribution >= 4 is 5.97 Å². The molecule has 0 bridgehead atoms. The molecule has 1 aliphatic rings. The van der Waals surface area contributed by atoms with Gasteiger partial charge < -0.3 is 9.84 Å². The summed E-state index contributed by atoms with van der Waals surface area (Å²) in [6.45, 7) is 8.49. The van der Waals surface area contributed by atoms with Crippen LogP contribution in [0.2, 0.25) is 0 Å². The minimum Gasteiger partial charge on any atom is -0.469 e. The maximum Gasteiger partial charge on any atom is 0.308 e. The molecule has 0 aromatic rings. The van der Waals surface area contributed by atoms with Gasteiger partial charge in [0, 0.05) is 0 Å². The minimum atomic E-state index is -0.576. The zero-order chi connectivity index (χ0) is 11.1. The second-order valence-electron chi connectivity index (χ2n) is 5.27. The maximum absolute atomic E-state index is 11.0. The predicted molar refractivity (Wildman–Crippen MR) is 53.7 cm³/mol. The summed E-state index contributed by atoms with van der Waals surface area (Å²) < 4.78 is 4.54. The van der Waals surface area contributed by atoms with Crippen molar-refractivity contribution in [2.75, 3.05) is 7.11 Å². The number of hydrogen-bond donors (Lipinski definition) is 1. The van der Waals surface area contributed by atoms with Crippen LogP contribution in [-0.4, -0.2) is 24.3 Å². The molecule has 3 heteroatoms. The monoisotopic (exact) mass is 200 g/mol. The Morgan fingerprint density at radius 1 is 1.36 bits per heavy atom. The summed E-state index contributed by atoms with van der Waals surface area (Å²) in [5, 5.41) is 9.86. The zero-order valence-corrected chi connectivity index (χ0v) is 9.63. The Morgan fingerprint density at radius 3 is 2.07 bits per heavy atom. The first kappa shape index (κ1) is 11.5. The summed E-state index contributed by atoms with van der Waals surface area (Å²) in [5.41, 5.74) is 0.223. The highest BCUT2D eigenvalue weighted by Gasteiger charge is 2.67. The lowest BCUT2D eigenvalue weighted by Gasteiger charge is -2.10. The number of hydrogen-bond acceptors (Lipinski definition) is 3. The van der Waals surface area contributed by atoms with E-state index in [9.17, 15) is 9.90 Å². The van der Waals surface area contributed by atoms with Crippen molar-refractivity contribution in [2.45, 2.75) is 40.2 Å². The molecule has 0 aliphatic heterocycles. The average molecular weight is 200 g/mol. The molecule has 0 radical (unpaired) electrons. The first-order chi connectivity index (χ1) is 6.25. The fraction of sp³-hybridized carbons (Fsp3) is 0.909. The van der Waals surface area contributed by atoms with Gasteiger partial charge >= 0.3 is 5.97 Å². The van der Waals surface area contributed by atoms with Gasteiger partial charge in [0.1, 0.15) is 0 Å². The number of ether oxygens (including phenoxy) is 1. The summed E-state index contributed by atoms with van der Waals surface area (Å²) in [4.78, 5) is 11.0. The van der Waals surface area contributed by atoms with Crippen molar-refractivity contribution in [2.24, 2.45) is 16.7 Å². The number of aliphatic hydroxyl groups excluding tert-OH is 1. The van der Waals surface area contributed by atoms with Gasteiger partial charge in [0.2, 0.25) is 0 Å². The molecule has 0 spiro atoms. The van der Waals surface area contributed by atoms with Crippen molar-refractivity contribution in [1.29, 1.82) is 0 Å². The van der Waals surface area contributed by atoms with Crippen LogP contribution in [0.1, 0.15) is 34.1 Å². The number of carbonyl (C=O) groups is 1. The zero-order valence-electron chi connectivity index (χ0n) is 9.63. The third kappa shape index (κ3) is 1.54. The quantitative estimate of drug-likeness (QED) is 0.704. The Bertz CT molecular complexity index is 229. The van der Waals surface area contributed by atoms with Crippen LogP contribution in [0.15, 0.2) is 0 Å². The number of methoxy groups -OCH3 is 1. The van der Waals surface area contributed by atoms with E-state index in [-0.39, 0.29) is 29.1 Å². The Kier molecular flexibility index (Phi) is 2.65. The van der Waals surface area contributed by atoms with E-state index in [1.165, 1.54) is 7.11 Å². The molecule has 0 amide bonds. The van der Waals surface area contributed by atoms with E-state index in [1.54, 1.807) is 0 Å². The largest absolute Gasteiger partial charge is 0.469 e. The lowest BCUT2D eigenvalue weighted by atomic mass is 10.0. The number of aliphatic hydroxyl groups is 1. The number of esters is 1. The fourth-order valence-corrected chi connectivity index (χ4v) is 2.58. The molecule has 0 saturated heterocycles. The highest BCUT2D eigenvalue weighted by atomic mass is 16.5. The number of rotatable bonds is 3. The van der Waals surface area contributed by atoms with Gasteiger partial charge in [-0.1, -0.05) is 27.7 Å². The van der Waals surface area contributed by atoms with Gasteiger partial charge in [0.15, 0.2) is 0 Å². The van der Waals surface area contributed by atoms with Crippen LogP contribution < -0.4 is 0 Å². The van der Waals surface area contributed by atoms with Gasteiger partial charge in [-0.25, -0.2) is 0 Å². The normalized spacial score (nSPS) is 25.6. The van der Waals surface area contributed by atoms with E-state index in [4.69, 9.17) is 0 Å². The molecule has 82 valence electrons. The van der Waals surface area contributed by atoms with Gasteiger partial charge in [0.05, 0.1) is 19.6 Å². The van der Waals surface area contributed by atoms with Crippen LogP contribution in [0.25, 0.3) is 0 Å². The second kappa shape index (κ2) is 3.23. The highest BCUT2D eigenvalue weighted by Crippen LogP contribution is 2.69. The first-order valence-corrected chi connectivity index (χ1v) is 5.00. The summed E-state index contributed by atoms with van der Waals surface area (Å²) >= 11 is 0. The molecule has 1 rings (SSSR count). The van der Waals surface area contributed by atoms with E-state index >= 15 is 0 Å². The van der Waals surface area contributed by atoms with Crippen LogP contribution in [-0.2, 0) is 9.53 Å². The summed E-state index contributed by atoms with van der Waals surface area (Å²) in [5.74, 6) is -0.148. The van der Waals surface area contributed by atoms with E-state index in [2.05, 4.69) is 32.4 Å². The molecule has 1 aliphatic carbocycles. The molecule has 1 atom stereocenters. The standard InChI is InChI=1S/C11H20O3/c1-10(2)9(11(10,3)4)7(12)6-8(13)14-5/h7,9,12H,6H2,1-5H3/t7-/m1/s1. The molecule has 3 nitrogen and oxygen atoms in total. The van der Waals surface area contributed by atoms with E-state index in [0.717, 1.165) is 0 Å². The van der Waals surface area contributed by atoms with Crippen LogP contribution >= 0.6 is 0 Å². The second-order valence-corrected chi connectivity index (χ2v) is 5.27. The molecule has 0 aromatic heterocycles. The summed E-state index contributed by atoms with van der Waals surface area (Å²) in [6.07, 6.45) is -0.471. The Balaban J connectivity index is 2.57. The summed E-state index contributed by atoms with van der Waals surface area (Å²) in [7, 11) is 1.35. The number of carbonyl (C=O) groups excluding carboxylic acids is 1. The minimum absolute atomic E-state index is 0.105. The highest BCUT2D eigenvalue weighted by molar-refractivity contribution is 5.69. The van der Waals surface area contributed by atoms with Gasteiger partial charge in [0.25, 0.3) is 0 Å². The molecule has 0 aromatic carbocycles. The van der Waals surface area contributed by atoms with E-state index < -0.39 is 6.10 Å². The van der Waals surface area contributed by atoms with E-state index in [0.29, 0.717) is 0 Å². The van der Waals surface area contributed by atoms with E-state index in [1.807, 2.05) is 0 Å². The molecule has 0 unspecified atom stereocenters. The Hall–Kier alpha value is -0.570. The molecular weight excluding hydrogens is 180 g/mol. The van der Waals surface area contributed by atoms with Crippen LogP contribution in [0.4, 0.5) is 0 Å². The maximum atomic E-state index is 11.0. The predicted octanol–water partition coefficient (Wildman–Crippen LogP) is 1.59. The third-order valence-electron chi connectivity index (χ3n) is 4.12. The van der Waals surface area contributed by atoms with Gasteiger partial charge in [-0.2, -0.15) is 0 Å². The molecule has 0 heterocycles. The molecule has 1 N–H and O–H groups in total. The van der Waals surface area contributed by atoms with Crippen LogP contribution in [0.3, 0.4) is 0 Å². The van der Waals surface area contributed by atoms with Gasteiger partial charge in [-0.3, -0.25) is 4.79 Å². The topological polar surface area (TPSA) is 46.5 Å². The SMILES string of the molecule is COC(=O)C[C@@H](O)C1C(C)(C)C1(C)C. The van der Waals surface area contributed by atoms with Crippen LogP contribution in [0, 0.1) is 16.7 Å². The van der Waals surface area contributed by atoms with Crippen molar-refractivity contribution in [3.05, 3.63) is 0 Å². The lowest BCUT2D eigenvalue weighted by Crippen LogP contribution is -2.19. The molecular formula is C11H20O3. The van der Waals surface area contributed by atoms with Crippen molar-refractivity contribution in [3.8, 4) is 0 Å². The Morgan fingerprint density at radius 2 is 1.79 bits per heavy atom. The molecule has 14 heavy (non-hydrogen) atoms. The third-order valence-corrected chi connectivity index (χ3v) is 4.12. The van der Waals surface area contributed by atoms with Gasteiger partial charge in [-0.15, -0.1) is 0 Å². The molecule has 1 fully saturated rings. The smallest absolute Gasteiger partial charge is 0.308 e. The average Bonchev–Trinajstić information content (AvgIpc) is 2.42. The van der Waals surface area contributed by atoms with Crippen LogP contribution in [0.5, 0.6) is 0 Å². The summed E-state index contributed by atoms with van der Waals surface area (Å²) in [6, 6.07) is 0. The van der Waals surface area contributed by atoms with Crippen molar-refractivity contribution < 1.29 is 14.6 Å². The first-order valence-electron chi connectivity index (χ1n) is 5.00. The molecule has 1 saturated carbocycles. The van der Waals surface area contributed by atoms with Crippen molar-refractivity contribution in [1.82, 2.24) is 0 Å². The van der Waals surface area contributed by atoms with Gasteiger partial charge in [-0.05, 0) is 16.7 Å². The lowest BCUT2D eigenvalue weighted by molar-refractivity contribution is -0.143. The fourth-order valence-electron chi connectivity index (χ4n) is 2.58. The Labute approximate surface area is 85.5 Å². The van der Waals surface area contributed by atoms with Crippen molar-refractivity contribution in [3.63, 3.8) is 0 Å².